The number of aromatic nitrogens is 4. The zero-order chi connectivity index (χ0) is 28.4. The predicted octanol–water partition coefficient (Wildman–Crippen LogP) is 3.50. The van der Waals surface area contributed by atoms with Crippen LogP contribution in [0.15, 0.2) is 40.1 Å². The number of aromatic amines is 1. The molecule has 2 aromatic heterocycles. The monoisotopic (exact) mass is 569 g/mol. The van der Waals surface area contributed by atoms with Crippen molar-refractivity contribution in [1.82, 2.24) is 24.2 Å². The lowest BCUT2D eigenvalue weighted by atomic mass is 9.94. The van der Waals surface area contributed by atoms with Gasteiger partial charge < -0.3 is 9.64 Å². The fourth-order valence-corrected chi connectivity index (χ4v) is 6.14. The van der Waals surface area contributed by atoms with Crippen molar-refractivity contribution >= 4 is 0 Å². The lowest BCUT2D eigenvalue weighted by molar-refractivity contribution is -0.142. The number of rotatable bonds is 6. The van der Waals surface area contributed by atoms with Crippen molar-refractivity contribution < 1.29 is 31.1 Å². The number of nitrogens with zero attached hydrogens (tertiary/aromatic N) is 4. The van der Waals surface area contributed by atoms with Crippen LogP contribution in [0.5, 0.6) is 0 Å². The maximum absolute atomic E-state index is 13.6. The van der Waals surface area contributed by atoms with E-state index in [1.807, 2.05) is 0 Å². The van der Waals surface area contributed by atoms with Crippen LogP contribution in [0.1, 0.15) is 40.9 Å². The first-order valence-corrected chi connectivity index (χ1v) is 12.9. The van der Waals surface area contributed by atoms with Gasteiger partial charge in [-0.15, -0.1) is 0 Å². The van der Waals surface area contributed by atoms with Gasteiger partial charge in [-0.25, -0.2) is 9.48 Å². The number of likely N-dealkylation sites (tertiary alicyclic amines) is 1. The Morgan fingerprint density at radius 3 is 2.50 bits per heavy atom. The zero-order valence-electron chi connectivity index (χ0n) is 21.1. The van der Waals surface area contributed by atoms with E-state index < -0.39 is 34.9 Å². The van der Waals surface area contributed by atoms with E-state index in [0.29, 0.717) is 25.4 Å². The second-order valence-electron chi connectivity index (χ2n) is 10.7. The Kier molecular flexibility index (Phi) is 6.26. The third-order valence-electron chi connectivity index (χ3n) is 8.19. The van der Waals surface area contributed by atoms with E-state index in [0.717, 1.165) is 35.3 Å². The Morgan fingerprint density at radius 2 is 1.80 bits per heavy atom. The Balaban J connectivity index is 1.15. The van der Waals surface area contributed by atoms with Gasteiger partial charge in [0.1, 0.15) is 5.69 Å². The number of hydrogen-bond donors (Lipinski definition) is 1. The SMILES string of the molecule is O=c1[nH]c(=O)n(CCCN2C[C@@H]3C[C@]3(c3ccc(C(F)(F)F)cc3)C2)cc1-n1nc(C(F)(F)F)c2c1CCOC2. The van der Waals surface area contributed by atoms with Gasteiger partial charge in [-0.05, 0) is 43.0 Å². The van der Waals surface area contributed by atoms with E-state index in [9.17, 15) is 35.9 Å². The van der Waals surface area contributed by atoms with Crippen LogP contribution in [0.2, 0.25) is 0 Å². The van der Waals surface area contributed by atoms with Crippen LogP contribution in [0.25, 0.3) is 5.69 Å². The highest BCUT2D eigenvalue weighted by Crippen LogP contribution is 2.59. The van der Waals surface area contributed by atoms with Crippen LogP contribution in [0.3, 0.4) is 0 Å². The minimum Gasteiger partial charge on any atom is -0.376 e. The molecule has 0 radical (unpaired) electrons. The number of fused-ring (bicyclic) bond motifs is 2. The Morgan fingerprint density at radius 1 is 1.05 bits per heavy atom. The molecule has 2 fully saturated rings. The quantitative estimate of drug-likeness (QED) is 0.460. The van der Waals surface area contributed by atoms with Gasteiger partial charge in [0.05, 0.1) is 24.5 Å². The van der Waals surface area contributed by atoms with E-state index in [1.165, 1.54) is 10.8 Å². The molecule has 4 heterocycles. The summed E-state index contributed by atoms with van der Waals surface area (Å²) in [5.74, 6) is 0.351. The molecule has 8 nitrogen and oxygen atoms in total. The van der Waals surface area contributed by atoms with E-state index in [1.54, 1.807) is 12.1 Å². The van der Waals surface area contributed by atoms with Crippen LogP contribution in [0, 0.1) is 5.92 Å². The second-order valence-corrected chi connectivity index (χ2v) is 10.7. The van der Waals surface area contributed by atoms with Crippen LogP contribution >= 0.6 is 0 Å². The molecule has 40 heavy (non-hydrogen) atoms. The summed E-state index contributed by atoms with van der Waals surface area (Å²) >= 11 is 0. The molecule has 2 atom stereocenters. The molecule has 1 aromatic carbocycles. The number of piperidine rings is 1. The summed E-state index contributed by atoms with van der Waals surface area (Å²) in [4.78, 5) is 29.5. The van der Waals surface area contributed by atoms with Gasteiger partial charge in [0.2, 0.25) is 0 Å². The molecule has 3 aromatic rings. The Bertz CT molecular complexity index is 1560. The third-order valence-corrected chi connectivity index (χ3v) is 8.19. The van der Waals surface area contributed by atoms with Crippen molar-refractivity contribution in [3.8, 4) is 5.69 Å². The molecule has 0 unspecified atom stereocenters. The van der Waals surface area contributed by atoms with Gasteiger partial charge >= 0.3 is 18.0 Å². The molecule has 14 heteroatoms. The van der Waals surface area contributed by atoms with Crippen molar-refractivity contribution in [2.24, 2.45) is 5.92 Å². The normalized spacial score (nSPS) is 22.8. The molecular weight excluding hydrogens is 544 g/mol. The molecule has 1 N–H and O–H groups in total. The van der Waals surface area contributed by atoms with Crippen molar-refractivity contribution in [3.63, 3.8) is 0 Å². The first kappa shape index (κ1) is 26.8. The zero-order valence-corrected chi connectivity index (χ0v) is 21.1. The molecule has 1 saturated carbocycles. The summed E-state index contributed by atoms with van der Waals surface area (Å²) in [5, 5.41) is 3.68. The minimum atomic E-state index is -4.73. The van der Waals surface area contributed by atoms with Gasteiger partial charge in [-0.2, -0.15) is 31.4 Å². The number of aryl methyl sites for hydroxylation is 1. The topological polar surface area (TPSA) is 85.2 Å². The second kappa shape index (κ2) is 9.33. The van der Waals surface area contributed by atoms with Crippen LogP contribution in [0.4, 0.5) is 26.3 Å². The van der Waals surface area contributed by atoms with Gasteiger partial charge in [0.25, 0.3) is 5.56 Å². The maximum Gasteiger partial charge on any atom is 0.435 e. The molecule has 1 saturated heterocycles. The number of H-pyrrole nitrogens is 1. The lowest BCUT2D eigenvalue weighted by Gasteiger charge is -2.21. The Hall–Kier alpha value is -3.39. The molecule has 0 amide bonds. The fraction of sp³-hybridized carbons (Fsp3) is 0.500. The number of halogens is 6. The molecule has 1 aliphatic carbocycles. The highest BCUT2D eigenvalue weighted by Gasteiger charge is 2.60. The first-order valence-electron chi connectivity index (χ1n) is 12.9. The summed E-state index contributed by atoms with van der Waals surface area (Å²) in [5.41, 5.74) is -2.67. The molecule has 2 aliphatic heterocycles. The molecule has 0 spiro atoms. The smallest absolute Gasteiger partial charge is 0.376 e. The number of benzene rings is 1. The maximum atomic E-state index is 13.6. The molecular formula is C26H25F6N5O3. The third kappa shape index (κ3) is 4.66. The number of alkyl halides is 6. The van der Waals surface area contributed by atoms with Crippen LogP contribution < -0.4 is 11.2 Å². The van der Waals surface area contributed by atoms with Crippen LogP contribution in [-0.2, 0) is 42.1 Å². The largest absolute Gasteiger partial charge is 0.435 e. The summed E-state index contributed by atoms with van der Waals surface area (Å²) in [6, 6.07) is 5.34. The first-order chi connectivity index (χ1) is 18.9. The predicted molar refractivity (Wildman–Crippen MR) is 129 cm³/mol. The summed E-state index contributed by atoms with van der Waals surface area (Å²) in [7, 11) is 0. The number of nitrogens with one attached hydrogen (secondary N) is 1. The highest BCUT2D eigenvalue weighted by atomic mass is 19.4. The number of hydrogen-bond acceptors (Lipinski definition) is 5. The van der Waals surface area contributed by atoms with E-state index in [4.69, 9.17) is 4.74 Å². The average molecular weight is 570 g/mol. The van der Waals surface area contributed by atoms with Gasteiger partial charge in [-0.1, -0.05) is 12.1 Å². The molecule has 214 valence electrons. The fourth-order valence-electron chi connectivity index (χ4n) is 6.14. The molecule has 0 bridgehead atoms. The van der Waals surface area contributed by atoms with Gasteiger partial charge in [0.15, 0.2) is 5.69 Å². The number of ether oxygens (including phenoxy) is 1. The standard InChI is InChI=1S/C26H25F6N5O3/c27-25(28,29)16-4-2-15(3-5-16)24-10-17(24)11-35(14-24)7-1-8-36-12-20(22(38)33-23(36)39)37-19-6-9-40-13-18(19)21(34-37)26(30,31)32/h2-5,12,17H,1,6-11,13-14H2,(H,33,38,39)/t17-,24+/m0/s1. The summed E-state index contributed by atoms with van der Waals surface area (Å²) in [6.07, 6.45) is -6.32. The van der Waals surface area contributed by atoms with Gasteiger partial charge in [-0.3, -0.25) is 14.3 Å². The van der Waals surface area contributed by atoms with Crippen molar-refractivity contribution in [2.45, 2.75) is 50.2 Å². The highest BCUT2D eigenvalue weighted by molar-refractivity contribution is 5.39. The van der Waals surface area contributed by atoms with E-state index in [2.05, 4.69) is 15.0 Å². The van der Waals surface area contributed by atoms with E-state index >= 15 is 0 Å². The molecule has 6 rings (SSSR count). The minimum absolute atomic E-state index is 0.120. The lowest BCUT2D eigenvalue weighted by Crippen LogP contribution is -2.34. The van der Waals surface area contributed by atoms with Crippen molar-refractivity contribution in [3.05, 3.63) is 79.4 Å². The van der Waals surface area contributed by atoms with Crippen molar-refractivity contribution in [2.75, 3.05) is 26.2 Å². The van der Waals surface area contributed by atoms with Crippen molar-refractivity contribution in [1.29, 1.82) is 0 Å². The summed E-state index contributed by atoms with van der Waals surface area (Å²) in [6.45, 7) is 2.19. The molecule has 3 aliphatic rings. The van der Waals surface area contributed by atoms with Gasteiger partial charge in [0, 0.05) is 43.2 Å². The Labute approximate surface area is 223 Å². The van der Waals surface area contributed by atoms with E-state index in [-0.39, 0.29) is 48.5 Å². The summed E-state index contributed by atoms with van der Waals surface area (Å²) < 4.78 is 86.9. The average Bonchev–Trinajstić information content (AvgIpc) is 3.25. The van der Waals surface area contributed by atoms with Crippen LogP contribution in [-0.4, -0.2) is 50.5 Å².